The van der Waals surface area contributed by atoms with Gasteiger partial charge in [0, 0.05) is 28.3 Å². The second-order valence-electron chi connectivity index (χ2n) is 10.8. The lowest BCUT2D eigenvalue weighted by Gasteiger charge is -2.26. The summed E-state index contributed by atoms with van der Waals surface area (Å²) in [6, 6.07) is 14.6. The van der Waals surface area contributed by atoms with Crippen molar-refractivity contribution in [1.82, 2.24) is 15.3 Å². The number of nitrogens with one attached hydrogen (secondary N) is 1. The third kappa shape index (κ3) is 4.73. The Labute approximate surface area is 232 Å². The highest BCUT2D eigenvalue weighted by Crippen LogP contribution is 2.45. The molecule has 2 aromatic heterocycles. The number of aryl methyl sites for hydroxylation is 2. The van der Waals surface area contributed by atoms with Gasteiger partial charge in [0.25, 0.3) is 5.91 Å². The first kappa shape index (κ1) is 27.1. The van der Waals surface area contributed by atoms with Gasteiger partial charge in [-0.05, 0) is 57.5 Å². The van der Waals surface area contributed by atoms with E-state index in [1.807, 2.05) is 44.2 Å². The maximum atomic E-state index is 13.2. The summed E-state index contributed by atoms with van der Waals surface area (Å²) in [6.45, 7) is 7.10. The lowest BCUT2D eigenvalue weighted by Crippen LogP contribution is -2.41. The molecule has 9 heteroatoms. The van der Waals surface area contributed by atoms with E-state index in [0.29, 0.717) is 33.8 Å². The summed E-state index contributed by atoms with van der Waals surface area (Å²) < 4.78 is 11.4. The van der Waals surface area contributed by atoms with Crippen molar-refractivity contribution in [3.8, 4) is 22.8 Å². The number of hydrogen-bond donors (Lipinski definition) is 3. The highest BCUT2D eigenvalue weighted by Gasteiger charge is 2.45. The second-order valence-corrected chi connectivity index (χ2v) is 10.8. The van der Waals surface area contributed by atoms with Crippen molar-refractivity contribution in [2.45, 2.75) is 38.7 Å². The van der Waals surface area contributed by atoms with E-state index in [1.54, 1.807) is 38.2 Å². The van der Waals surface area contributed by atoms with Gasteiger partial charge in [-0.3, -0.25) is 14.6 Å². The molecule has 0 spiro atoms. The minimum atomic E-state index is -1.59. The molecule has 0 bridgehead atoms. The van der Waals surface area contributed by atoms with Crippen molar-refractivity contribution in [3.05, 3.63) is 82.7 Å². The normalized spacial score (nSPS) is 17.6. The number of hydrogen-bond acceptors (Lipinski definition) is 7. The lowest BCUT2D eigenvalue weighted by molar-refractivity contribution is -0.123. The minimum Gasteiger partial charge on any atom is -0.494 e. The molecule has 1 aliphatic heterocycles. The number of pyridine rings is 2. The number of nitrogens with zero attached hydrogens (tertiary/aromatic N) is 2. The van der Waals surface area contributed by atoms with Gasteiger partial charge in [-0.25, -0.2) is 4.98 Å². The Morgan fingerprint density at radius 1 is 1.15 bits per heavy atom. The molecule has 2 amide bonds. The van der Waals surface area contributed by atoms with Gasteiger partial charge in [-0.1, -0.05) is 29.8 Å². The van der Waals surface area contributed by atoms with Gasteiger partial charge in [-0.15, -0.1) is 0 Å². The van der Waals surface area contributed by atoms with Crippen molar-refractivity contribution < 1.29 is 24.2 Å². The predicted octanol–water partition coefficient (Wildman–Crippen LogP) is 3.70. The fourth-order valence-electron chi connectivity index (χ4n) is 4.83. The van der Waals surface area contributed by atoms with Crippen molar-refractivity contribution in [1.29, 1.82) is 0 Å². The van der Waals surface area contributed by atoms with Crippen LogP contribution in [0.1, 0.15) is 46.6 Å². The lowest BCUT2D eigenvalue weighted by atomic mass is 9.82. The number of nitrogens with two attached hydrogens (primary N) is 1. The highest BCUT2D eigenvalue weighted by atomic mass is 16.5. The molecule has 0 saturated heterocycles. The summed E-state index contributed by atoms with van der Waals surface area (Å²) in [7, 11) is 1.53. The number of carbonyl (C=O) groups is 2. The Morgan fingerprint density at radius 3 is 2.55 bits per heavy atom. The largest absolute Gasteiger partial charge is 0.494 e. The monoisotopic (exact) mass is 540 g/mol. The first-order valence-corrected chi connectivity index (χ1v) is 12.9. The topological polar surface area (TPSA) is 137 Å². The van der Waals surface area contributed by atoms with E-state index >= 15 is 0 Å². The van der Waals surface area contributed by atoms with Crippen LogP contribution >= 0.6 is 0 Å². The number of ether oxygens (including phenoxy) is 2. The third-order valence-corrected chi connectivity index (χ3v) is 7.45. The fraction of sp³-hybridized carbons (Fsp3) is 0.290. The zero-order valence-electron chi connectivity index (χ0n) is 23.2. The van der Waals surface area contributed by atoms with E-state index in [-0.39, 0.29) is 18.8 Å². The van der Waals surface area contributed by atoms with Gasteiger partial charge in [0.05, 0.1) is 19.3 Å². The molecule has 0 fully saturated rings. The van der Waals surface area contributed by atoms with Crippen molar-refractivity contribution >= 4 is 22.7 Å². The number of fused-ring (bicyclic) bond motifs is 2. The molecule has 4 N–H and O–H groups in total. The van der Waals surface area contributed by atoms with Crippen LogP contribution in [0.25, 0.3) is 22.2 Å². The Hall–Kier alpha value is -4.50. The molecule has 0 saturated carbocycles. The number of rotatable bonds is 7. The zero-order valence-corrected chi connectivity index (χ0v) is 23.2. The van der Waals surface area contributed by atoms with Crippen LogP contribution in [-0.4, -0.2) is 47.2 Å². The van der Waals surface area contributed by atoms with Crippen molar-refractivity contribution in [2.75, 3.05) is 20.3 Å². The molecule has 1 aliphatic rings. The average molecular weight is 541 g/mol. The predicted molar refractivity (Wildman–Crippen MR) is 151 cm³/mol. The number of aromatic nitrogens is 2. The van der Waals surface area contributed by atoms with E-state index < -0.39 is 22.8 Å². The molecule has 0 radical (unpaired) electrons. The van der Waals surface area contributed by atoms with Gasteiger partial charge in [0.15, 0.2) is 0 Å². The quantitative estimate of drug-likeness (QED) is 0.325. The maximum Gasteiger partial charge on any atom is 0.251 e. The summed E-state index contributed by atoms with van der Waals surface area (Å²) in [4.78, 5) is 34.9. The molecule has 0 unspecified atom stereocenters. The van der Waals surface area contributed by atoms with Crippen LogP contribution in [-0.2, 0) is 15.8 Å². The van der Waals surface area contributed by atoms with E-state index in [1.165, 1.54) is 7.11 Å². The summed E-state index contributed by atoms with van der Waals surface area (Å²) in [5.41, 5.74) is 8.22. The van der Waals surface area contributed by atoms with E-state index in [9.17, 15) is 14.7 Å². The zero-order chi connectivity index (χ0) is 28.8. The fourth-order valence-corrected chi connectivity index (χ4v) is 4.83. The van der Waals surface area contributed by atoms with Crippen LogP contribution < -0.4 is 20.5 Å². The van der Waals surface area contributed by atoms with Crippen LogP contribution in [0.4, 0.5) is 0 Å². The Morgan fingerprint density at radius 2 is 1.88 bits per heavy atom. The standard InChI is InChI=1S/C31H32N4O5/c1-17-6-8-19(9-7-17)26-27-22(30(3,16-40-27)29(32)37)13-24(35-26)31(4,38)15-34-28(36)21-11-20-10-18(2)14-33-25(20)23(12-21)39-5/h6-14,38H,15-16H2,1-5H3,(H2,32,37)(H,34,36)/t30-,31-/m0/s1. The number of carbonyl (C=O) groups excluding carboxylic acids is 2. The summed E-state index contributed by atoms with van der Waals surface area (Å²) in [6.07, 6.45) is 1.74. The van der Waals surface area contributed by atoms with Crippen molar-refractivity contribution in [3.63, 3.8) is 0 Å². The Kier molecular flexibility index (Phi) is 6.71. The maximum absolute atomic E-state index is 13.2. The molecule has 9 nitrogen and oxygen atoms in total. The number of benzene rings is 2. The van der Waals surface area contributed by atoms with Crippen molar-refractivity contribution in [2.24, 2.45) is 5.73 Å². The molecule has 2 aromatic carbocycles. The molecule has 4 aromatic rings. The van der Waals surface area contributed by atoms with Crippen LogP contribution in [0.5, 0.6) is 11.5 Å². The van der Waals surface area contributed by atoms with Crippen LogP contribution in [0, 0.1) is 13.8 Å². The Balaban J connectivity index is 1.50. The van der Waals surface area contributed by atoms with Crippen LogP contribution in [0.2, 0.25) is 0 Å². The van der Waals surface area contributed by atoms with E-state index in [4.69, 9.17) is 20.2 Å². The molecule has 5 rings (SSSR count). The first-order valence-electron chi connectivity index (χ1n) is 12.9. The summed E-state index contributed by atoms with van der Waals surface area (Å²) >= 11 is 0. The van der Waals surface area contributed by atoms with Gasteiger partial charge in [-0.2, -0.15) is 0 Å². The Bertz CT molecular complexity index is 1650. The number of methoxy groups -OCH3 is 1. The summed E-state index contributed by atoms with van der Waals surface area (Å²) in [5.74, 6) is -0.00235. The van der Waals surface area contributed by atoms with Gasteiger partial charge >= 0.3 is 0 Å². The number of primary amides is 1. The molecule has 2 atom stereocenters. The number of aliphatic hydroxyl groups is 1. The highest BCUT2D eigenvalue weighted by molar-refractivity contribution is 6.00. The van der Waals surface area contributed by atoms with Gasteiger partial charge < -0.3 is 25.6 Å². The third-order valence-electron chi connectivity index (χ3n) is 7.45. The van der Waals surface area contributed by atoms with Crippen LogP contribution in [0.15, 0.2) is 54.7 Å². The summed E-state index contributed by atoms with van der Waals surface area (Å²) in [5, 5.41) is 15.2. The minimum absolute atomic E-state index is 0.0681. The molecular weight excluding hydrogens is 508 g/mol. The molecular formula is C31H32N4O5. The second kappa shape index (κ2) is 9.91. The number of amides is 2. The first-order chi connectivity index (χ1) is 18.9. The molecule has 40 heavy (non-hydrogen) atoms. The molecule has 206 valence electrons. The van der Waals surface area contributed by atoms with E-state index in [2.05, 4.69) is 10.3 Å². The SMILES string of the molecule is COc1cc(C(=O)NC[C@](C)(O)c2cc3c(c(-c4ccc(C)cc4)n2)OC[C@]3(C)C(N)=O)cc2cc(C)cnc12. The smallest absolute Gasteiger partial charge is 0.251 e. The molecule has 3 heterocycles. The average Bonchev–Trinajstić information content (AvgIpc) is 3.28. The van der Waals surface area contributed by atoms with Gasteiger partial charge in [0.2, 0.25) is 5.91 Å². The van der Waals surface area contributed by atoms with E-state index in [0.717, 1.165) is 22.1 Å². The van der Waals surface area contributed by atoms with Gasteiger partial charge in [0.1, 0.15) is 40.3 Å². The van der Waals surface area contributed by atoms with Crippen LogP contribution in [0.3, 0.4) is 0 Å². The molecule has 0 aliphatic carbocycles.